The molecular weight excluding hydrogens is 270 g/mol. The largest absolute Gasteiger partial charge is 0.504 e. The van der Waals surface area contributed by atoms with Gasteiger partial charge in [-0.25, -0.2) is 4.98 Å². The predicted molar refractivity (Wildman–Crippen MR) is 79.6 cm³/mol. The number of hydrogen-bond donors (Lipinski definition) is 5. The Labute approximate surface area is 120 Å². The number of phenolic OH excluding ortho intramolecular Hbond substituents is 3. The molecule has 0 aliphatic rings. The summed E-state index contributed by atoms with van der Waals surface area (Å²) in [6.45, 7) is 2.21. The van der Waals surface area contributed by atoms with Crippen molar-refractivity contribution in [2.24, 2.45) is 0 Å². The molecule has 0 aliphatic heterocycles. The van der Waals surface area contributed by atoms with Crippen molar-refractivity contribution in [3.63, 3.8) is 0 Å². The molecule has 108 valence electrons. The van der Waals surface area contributed by atoms with E-state index in [1.165, 1.54) is 6.07 Å². The Balaban J connectivity index is 1.81. The summed E-state index contributed by atoms with van der Waals surface area (Å²) in [7, 11) is 0. The highest BCUT2D eigenvalue weighted by atomic mass is 16.3. The summed E-state index contributed by atoms with van der Waals surface area (Å²) in [5, 5.41) is 31.7. The van der Waals surface area contributed by atoms with Crippen molar-refractivity contribution in [2.75, 3.05) is 5.32 Å². The summed E-state index contributed by atoms with van der Waals surface area (Å²) in [5.41, 5.74) is 3.17. The van der Waals surface area contributed by atoms with E-state index in [1.54, 1.807) is 6.07 Å². The maximum atomic E-state index is 9.77. The summed E-state index contributed by atoms with van der Waals surface area (Å²) < 4.78 is 0. The molecule has 0 unspecified atom stereocenters. The number of phenols is 3. The lowest BCUT2D eigenvalue weighted by atomic mass is 10.1. The van der Waals surface area contributed by atoms with Crippen LogP contribution in [0.5, 0.6) is 17.2 Å². The van der Waals surface area contributed by atoms with Gasteiger partial charge in [0.05, 0.1) is 11.0 Å². The normalized spacial score (nSPS) is 10.9. The van der Waals surface area contributed by atoms with Crippen LogP contribution in [0.3, 0.4) is 0 Å². The molecule has 0 spiro atoms. The van der Waals surface area contributed by atoms with Gasteiger partial charge < -0.3 is 25.6 Å². The van der Waals surface area contributed by atoms with Gasteiger partial charge in [-0.1, -0.05) is 0 Å². The lowest BCUT2D eigenvalue weighted by Crippen LogP contribution is -1.99. The maximum absolute atomic E-state index is 9.77. The molecule has 0 fully saturated rings. The van der Waals surface area contributed by atoms with E-state index < -0.39 is 5.75 Å². The maximum Gasteiger partial charge on any atom is 0.200 e. The molecule has 0 atom stereocenters. The fourth-order valence-corrected chi connectivity index (χ4v) is 2.20. The Morgan fingerprint density at radius 2 is 1.90 bits per heavy atom. The van der Waals surface area contributed by atoms with Gasteiger partial charge in [-0.2, -0.15) is 0 Å². The highest BCUT2D eigenvalue weighted by molar-refractivity contribution is 5.79. The molecular formula is C15H15N3O3. The molecule has 0 amide bonds. The molecule has 1 aromatic heterocycles. The van der Waals surface area contributed by atoms with Crippen molar-refractivity contribution in [1.82, 2.24) is 9.97 Å². The number of fused-ring (bicyclic) bond motifs is 1. The average Bonchev–Trinajstić information content (AvgIpc) is 2.83. The van der Waals surface area contributed by atoms with Crippen LogP contribution < -0.4 is 5.32 Å². The van der Waals surface area contributed by atoms with Crippen LogP contribution in [0.15, 0.2) is 30.3 Å². The Kier molecular flexibility index (Phi) is 3.06. The van der Waals surface area contributed by atoms with Crippen molar-refractivity contribution in [3.05, 3.63) is 41.7 Å². The monoisotopic (exact) mass is 285 g/mol. The minimum absolute atomic E-state index is 0.318. The summed E-state index contributed by atoms with van der Waals surface area (Å²) >= 11 is 0. The lowest BCUT2D eigenvalue weighted by Gasteiger charge is -2.10. The molecule has 0 saturated heterocycles. The van der Waals surface area contributed by atoms with Gasteiger partial charge in [-0.3, -0.25) is 0 Å². The Bertz CT molecular complexity index is 811. The van der Waals surface area contributed by atoms with Crippen LogP contribution in [0.1, 0.15) is 11.4 Å². The van der Waals surface area contributed by atoms with E-state index in [9.17, 15) is 15.3 Å². The predicted octanol–water partition coefficient (Wildman–Crippen LogP) is 2.60. The molecule has 5 N–H and O–H groups in total. The molecule has 3 aromatic rings. The van der Waals surface area contributed by atoms with E-state index >= 15 is 0 Å². The van der Waals surface area contributed by atoms with E-state index in [-0.39, 0.29) is 11.5 Å². The number of benzene rings is 2. The Morgan fingerprint density at radius 3 is 2.71 bits per heavy atom. The van der Waals surface area contributed by atoms with Crippen molar-refractivity contribution >= 4 is 16.7 Å². The van der Waals surface area contributed by atoms with Gasteiger partial charge in [0.2, 0.25) is 5.75 Å². The minimum atomic E-state index is -0.506. The van der Waals surface area contributed by atoms with Crippen molar-refractivity contribution in [3.8, 4) is 17.2 Å². The molecule has 0 aliphatic carbocycles. The molecule has 3 rings (SSSR count). The number of imidazole rings is 1. The number of hydrogen-bond acceptors (Lipinski definition) is 5. The third-order valence-electron chi connectivity index (χ3n) is 3.30. The van der Waals surface area contributed by atoms with E-state index in [0.717, 1.165) is 22.5 Å². The number of aromatic hydroxyl groups is 3. The molecule has 21 heavy (non-hydrogen) atoms. The highest BCUT2D eigenvalue weighted by Gasteiger charge is 2.10. The van der Waals surface area contributed by atoms with Crippen molar-refractivity contribution in [2.45, 2.75) is 13.5 Å². The third-order valence-corrected chi connectivity index (χ3v) is 3.30. The van der Waals surface area contributed by atoms with E-state index in [0.29, 0.717) is 12.1 Å². The van der Waals surface area contributed by atoms with Crippen LogP contribution in [0, 0.1) is 6.92 Å². The summed E-state index contributed by atoms with van der Waals surface area (Å²) in [4.78, 5) is 7.48. The minimum Gasteiger partial charge on any atom is -0.504 e. The number of anilines is 1. The zero-order valence-electron chi connectivity index (χ0n) is 11.4. The first-order valence-corrected chi connectivity index (χ1v) is 6.47. The number of H-pyrrole nitrogens is 1. The van der Waals surface area contributed by atoms with Gasteiger partial charge in [-0.05, 0) is 37.3 Å². The Morgan fingerprint density at radius 1 is 1.10 bits per heavy atom. The van der Waals surface area contributed by atoms with Gasteiger partial charge in [0.15, 0.2) is 11.5 Å². The smallest absolute Gasteiger partial charge is 0.200 e. The quantitative estimate of drug-likeness (QED) is 0.476. The molecule has 6 heteroatoms. The number of nitrogens with one attached hydrogen (secondary N) is 2. The molecule has 6 nitrogen and oxygen atoms in total. The fourth-order valence-electron chi connectivity index (χ4n) is 2.20. The number of aromatic nitrogens is 2. The number of rotatable bonds is 3. The van der Waals surface area contributed by atoms with E-state index in [4.69, 9.17) is 0 Å². The summed E-state index contributed by atoms with van der Waals surface area (Å²) in [6.07, 6.45) is 0. The second-order valence-corrected chi connectivity index (χ2v) is 4.85. The van der Waals surface area contributed by atoms with Crippen LogP contribution in [-0.2, 0) is 6.54 Å². The molecule has 1 heterocycles. The lowest BCUT2D eigenvalue weighted by molar-refractivity contribution is 0.365. The van der Waals surface area contributed by atoms with Crippen LogP contribution in [-0.4, -0.2) is 25.3 Å². The highest BCUT2D eigenvalue weighted by Crippen LogP contribution is 2.37. The number of aromatic amines is 1. The topological polar surface area (TPSA) is 101 Å². The summed E-state index contributed by atoms with van der Waals surface area (Å²) in [5.74, 6) is -0.316. The zero-order chi connectivity index (χ0) is 15.0. The second-order valence-electron chi connectivity index (χ2n) is 4.85. The first-order valence-electron chi connectivity index (χ1n) is 6.47. The zero-order valence-corrected chi connectivity index (χ0v) is 11.4. The first kappa shape index (κ1) is 13.1. The molecule has 0 saturated carbocycles. The SMILES string of the molecule is Cc1nc2ccc(NCc3ccc(O)c(O)c3O)cc2[nH]1. The fraction of sp³-hybridized carbons (Fsp3) is 0.133. The van der Waals surface area contributed by atoms with Gasteiger partial charge in [0, 0.05) is 17.8 Å². The number of aryl methyl sites for hydroxylation is 1. The van der Waals surface area contributed by atoms with Crippen LogP contribution in [0.2, 0.25) is 0 Å². The van der Waals surface area contributed by atoms with Crippen LogP contribution >= 0.6 is 0 Å². The van der Waals surface area contributed by atoms with Crippen LogP contribution in [0.4, 0.5) is 5.69 Å². The van der Waals surface area contributed by atoms with Crippen molar-refractivity contribution < 1.29 is 15.3 Å². The molecule has 2 aromatic carbocycles. The second kappa shape index (κ2) is 4.90. The van der Waals surface area contributed by atoms with Gasteiger partial charge in [0.1, 0.15) is 5.82 Å². The van der Waals surface area contributed by atoms with E-state index in [2.05, 4.69) is 15.3 Å². The van der Waals surface area contributed by atoms with E-state index in [1.807, 2.05) is 25.1 Å². The number of nitrogens with zero attached hydrogens (tertiary/aromatic N) is 1. The third kappa shape index (κ3) is 2.43. The first-order chi connectivity index (χ1) is 10.0. The molecule has 0 bridgehead atoms. The van der Waals surface area contributed by atoms with Crippen molar-refractivity contribution in [1.29, 1.82) is 0 Å². The Hall–Kier alpha value is -2.89. The van der Waals surface area contributed by atoms with Crippen LogP contribution in [0.25, 0.3) is 11.0 Å². The average molecular weight is 285 g/mol. The summed E-state index contributed by atoms with van der Waals surface area (Å²) in [6, 6.07) is 8.60. The van der Waals surface area contributed by atoms with Gasteiger partial charge in [0.25, 0.3) is 0 Å². The van der Waals surface area contributed by atoms with Gasteiger partial charge >= 0.3 is 0 Å². The van der Waals surface area contributed by atoms with Gasteiger partial charge in [-0.15, -0.1) is 0 Å². The molecule has 0 radical (unpaired) electrons. The standard InChI is InChI=1S/C15H15N3O3/c1-8-17-11-4-3-10(6-12(11)18-8)16-7-9-2-5-13(19)15(21)14(9)20/h2-6,16,19-21H,7H2,1H3,(H,17,18).